The number of aromatic hydroxyl groups is 1. The Morgan fingerprint density at radius 3 is 2.53 bits per heavy atom. The molecule has 0 heterocycles. The van der Waals surface area contributed by atoms with Crippen LogP contribution in [0.2, 0.25) is 0 Å². The molecule has 5 heteroatoms. The number of aliphatic hydroxyl groups excluding tert-OH is 1. The SMILES string of the molecule is C[C@]12CC[C@@H]3c4c(/C=C/c5ccccc5C(F)(F)F)cc(O)cc4CC[C@H]3[C@@H]1CC[C@@H]2O. The molecule has 2 nitrogen and oxygen atoms in total. The summed E-state index contributed by atoms with van der Waals surface area (Å²) in [6.45, 7) is 2.23. The van der Waals surface area contributed by atoms with Crippen LogP contribution in [-0.4, -0.2) is 16.3 Å². The van der Waals surface area contributed by atoms with E-state index in [1.165, 1.54) is 23.8 Å². The number of fused-ring (bicyclic) bond motifs is 5. The minimum absolute atomic E-state index is 0.0305. The molecule has 170 valence electrons. The average Bonchev–Trinajstić information content (AvgIpc) is 3.05. The van der Waals surface area contributed by atoms with Crippen LogP contribution < -0.4 is 0 Å². The van der Waals surface area contributed by atoms with Crippen LogP contribution in [-0.2, 0) is 12.6 Å². The molecule has 3 aliphatic rings. The average molecular weight is 443 g/mol. The molecule has 2 aromatic carbocycles. The van der Waals surface area contributed by atoms with Gasteiger partial charge in [0.1, 0.15) is 5.75 Å². The predicted octanol–water partition coefficient (Wildman–Crippen LogP) is 6.80. The lowest BCUT2D eigenvalue weighted by molar-refractivity contribution is -0.137. The molecule has 0 amide bonds. The quantitative estimate of drug-likeness (QED) is 0.502. The second-order valence-electron chi connectivity index (χ2n) is 10.1. The Morgan fingerprint density at radius 2 is 1.75 bits per heavy atom. The third-order valence-corrected chi connectivity index (χ3v) is 8.50. The van der Waals surface area contributed by atoms with E-state index in [1.807, 2.05) is 6.07 Å². The number of halogens is 3. The highest BCUT2D eigenvalue weighted by molar-refractivity contribution is 5.74. The van der Waals surface area contributed by atoms with E-state index in [2.05, 4.69) is 6.92 Å². The van der Waals surface area contributed by atoms with Crippen molar-refractivity contribution in [2.75, 3.05) is 0 Å². The van der Waals surface area contributed by atoms with E-state index in [4.69, 9.17) is 0 Å². The summed E-state index contributed by atoms with van der Waals surface area (Å²) >= 11 is 0. The first-order chi connectivity index (χ1) is 15.2. The summed E-state index contributed by atoms with van der Waals surface area (Å²) in [5.41, 5.74) is 2.54. The molecule has 32 heavy (non-hydrogen) atoms. The third-order valence-electron chi connectivity index (χ3n) is 8.50. The van der Waals surface area contributed by atoms with Crippen molar-refractivity contribution < 1.29 is 23.4 Å². The Kier molecular flexibility index (Phi) is 5.16. The molecule has 3 aliphatic carbocycles. The van der Waals surface area contributed by atoms with Gasteiger partial charge in [-0.2, -0.15) is 13.2 Å². The molecule has 2 saturated carbocycles. The number of phenolic OH excluding ortho intramolecular Hbond substituents is 1. The zero-order valence-corrected chi connectivity index (χ0v) is 18.2. The maximum absolute atomic E-state index is 13.4. The van der Waals surface area contributed by atoms with Gasteiger partial charge in [-0.15, -0.1) is 0 Å². The summed E-state index contributed by atoms with van der Waals surface area (Å²) in [7, 11) is 0. The molecule has 0 aromatic heterocycles. The second kappa shape index (κ2) is 7.65. The van der Waals surface area contributed by atoms with Crippen LogP contribution in [0.3, 0.4) is 0 Å². The standard InChI is InChI=1S/C27H29F3O2/c1-26-13-12-21-20(23(26)10-11-24(26)32)9-8-18-15-19(31)14-17(25(18)21)7-6-16-4-2-3-5-22(16)27(28,29)30/h2-7,14-15,20-21,23-24,31-32H,8-13H2,1H3/b7-6+/t20-,21+,23+,24+,26+/m1/s1. The predicted molar refractivity (Wildman–Crippen MR) is 119 cm³/mol. The third kappa shape index (κ3) is 3.45. The van der Waals surface area contributed by atoms with Gasteiger partial charge in [-0.05, 0) is 102 Å². The molecule has 2 N–H and O–H groups in total. The lowest BCUT2D eigenvalue weighted by Crippen LogP contribution is -2.44. The Morgan fingerprint density at radius 1 is 1.00 bits per heavy atom. The molecule has 5 atom stereocenters. The summed E-state index contributed by atoms with van der Waals surface area (Å²) in [6, 6.07) is 9.09. The zero-order valence-electron chi connectivity index (χ0n) is 18.2. The fourth-order valence-corrected chi connectivity index (χ4v) is 6.94. The molecule has 0 unspecified atom stereocenters. The van der Waals surface area contributed by atoms with Crippen LogP contribution in [0.25, 0.3) is 12.2 Å². The molecule has 5 rings (SSSR count). The Labute approximate surface area is 186 Å². The fourth-order valence-electron chi connectivity index (χ4n) is 6.94. The van der Waals surface area contributed by atoms with Crippen LogP contribution in [0, 0.1) is 17.3 Å². The van der Waals surface area contributed by atoms with Gasteiger partial charge in [-0.3, -0.25) is 0 Å². The highest BCUT2D eigenvalue weighted by Gasteiger charge is 2.54. The highest BCUT2D eigenvalue weighted by Crippen LogP contribution is 2.61. The molecule has 0 bridgehead atoms. The summed E-state index contributed by atoms with van der Waals surface area (Å²) < 4.78 is 40.3. The second-order valence-corrected chi connectivity index (χ2v) is 10.1. The van der Waals surface area contributed by atoms with Gasteiger partial charge in [0.15, 0.2) is 0 Å². The molecule has 0 radical (unpaired) electrons. The van der Waals surface area contributed by atoms with E-state index >= 15 is 0 Å². The van der Waals surface area contributed by atoms with Gasteiger partial charge >= 0.3 is 6.18 Å². The Hall–Kier alpha value is -2.27. The molecular formula is C27H29F3O2. The van der Waals surface area contributed by atoms with Crippen LogP contribution >= 0.6 is 0 Å². The van der Waals surface area contributed by atoms with Crippen molar-refractivity contribution in [3.63, 3.8) is 0 Å². The summed E-state index contributed by atoms with van der Waals surface area (Å²) in [6.07, 6.45) is 4.31. The van der Waals surface area contributed by atoms with Crippen molar-refractivity contribution >= 4 is 12.2 Å². The van der Waals surface area contributed by atoms with Crippen molar-refractivity contribution in [2.45, 2.75) is 63.6 Å². The number of hydrogen-bond acceptors (Lipinski definition) is 2. The topological polar surface area (TPSA) is 40.5 Å². The first-order valence-electron chi connectivity index (χ1n) is 11.6. The fraction of sp³-hybridized carbons (Fsp3) is 0.481. The van der Waals surface area contributed by atoms with Crippen LogP contribution in [0.4, 0.5) is 13.2 Å². The first-order valence-corrected chi connectivity index (χ1v) is 11.6. The van der Waals surface area contributed by atoms with Crippen molar-refractivity contribution in [1.29, 1.82) is 0 Å². The van der Waals surface area contributed by atoms with E-state index in [9.17, 15) is 23.4 Å². The van der Waals surface area contributed by atoms with E-state index < -0.39 is 11.7 Å². The van der Waals surface area contributed by atoms with Crippen LogP contribution in [0.1, 0.15) is 72.8 Å². The van der Waals surface area contributed by atoms with Gasteiger partial charge in [0.2, 0.25) is 0 Å². The Bertz CT molecular complexity index is 1060. The lowest BCUT2D eigenvalue weighted by atomic mass is 9.55. The van der Waals surface area contributed by atoms with Gasteiger partial charge in [-0.25, -0.2) is 0 Å². The maximum Gasteiger partial charge on any atom is 0.416 e. The number of phenols is 1. The molecule has 0 aliphatic heterocycles. The molecule has 0 saturated heterocycles. The normalized spacial score (nSPS) is 31.9. The minimum Gasteiger partial charge on any atom is -0.508 e. The Balaban J connectivity index is 1.54. The van der Waals surface area contributed by atoms with Crippen molar-refractivity contribution in [1.82, 2.24) is 0 Å². The van der Waals surface area contributed by atoms with Crippen molar-refractivity contribution in [3.05, 3.63) is 64.2 Å². The van der Waals surface area contributed by atoms with Gasteiger partial charge in [-0.1, -0.05) is 37.3 Å². The molecule has 2 aromatic rings. The maximum atomic E-state index is 13.4. The van der Waals surface area contributed by atoms with E-state index in [0.29, 0.717) is 17.8 Å². The van der Waals surface area contributed by atoms with Crippen LogP contribution in [0.15, 0.2) is 36.4 Å². The number of aryl methyl sites for hydroxylation is 1. The smallest absolute Gasteiger partial charge is 0.416 e. The van der Waals surface area contributed by atoms with E-state index in [1.54, 1.807) is 18.2 Å². The van der Waals surface area contributed by atoms with Gasteiger partial charge in [0.05, 0.1) is 11.7 Å². The summed E-state index contributed by atoms with van der Waals surface area (Å²) in [5, 5.41) is 21.0. The van der Waals surface area contributed by atoms with Gasteiger partial charge in [0, 0.05) is 0 Å². The lowest BCUT2D eigenvalue weighted by Gasteiger charge is -2.50. The summed E-state index contributed by atoms with van der Waals surface area (Å²) in [5.74, 6) is 1.42. The largest absolute Gasteiger partial charge is 0.508 e. The number of alkyl halides is 3. The molecule has 2 fully saturated rings. The minimum atomic E-state index is -4.42. The van der Waals surface area contributed by atoms with E-state index in [0.717, 1.165) is 55.7 Å². The number of benzene rings is 2. The number of hydrogen-bond donors (Lipinski definition) is 2. The number of aliphatic hydroxyl groups is 1. The first kappa shape index (κ1) is 21.6. The monoisotopic (exact) mass is 442 g/mol. The van der Waals surface area contributed by atoms with E-state index in [-0.39, 0.29) is 22.8 Å². The van der Waals surface area contributed by atoms with Gasteiger partial charge in [0.25, 0.3) is 0 Å². The summed E-state index contributed by atoms with van der Waals surface area (Å²) in [4.78, 5) is 0. The zero-order chi connectivity index (χ0) is 22.7. The van der Waals surface area contributed by atoms with Crippen molar-refractivity contribution in [3.8, 4) is 5.75 Å². The highest BCUT2D eigenvalue weighted by atomic mass is 19.4. The molecule has 0 spiro atoms. The molecular weight excluding hydrogens is 413 g/mol. The number of rotatable bonds is 2. The van der Waals surface area contributed by atoms with Crippen molar-refractivity contribution in [2.24, 2.45) is 17.3 Å². The van der Waals surface area contributed by atoms with Crippen LogP contribution in [0.5, 0.6) is 5.75 Å². The van der Waals surface area contributed by atoms with Gasteiger partial charge < -0.3 is 10.2 Å².